The van der Waals surface area contributed by atoms with Crippen molar-refractivity contribution in [2.75, 3.05) is 18.5 Å². The fraction of sp³-hybridized carbons (Fsp3) is 0.444. The van der Waals surface area contributed by atoms with Gasteiger partial charge in [-0.05, 0) is 24.6 Å². The van der Waals surface area contributed by atoms with Crippen molar-refractivity contribution in [3.05, 3.63) is 23.9 Å². The molecule has 0 atom stereocenters. The molecule has 0 aromatic carbocycles. The van der Waals surface area contributed by atoms with Crippen LogP contribution >= 0.6 is 0 Å². The van der Waals surface area contributed by atoms with E-state index < -0.39 is 0 Å². The molecule has 1 saturated heterocycles. The molecule has 0 aliphatic carbocycles. The van der Waals surface area contributed by atoms with Gasteiger partial charge in [-0.2, -0.15) is 0 Å². The van der Waals surface area contributed by atoms with Gasteiger partial charge in [-0.25, -0.2) is 4.98 Å². The Morgan fingerprint density at radius 2 is 2.42 bits per heavy atom. The van der Waals surface area contributed by atoms with E-state index in [-0.39, 0.29) is 0 Å². The molecule has 0 radical (unpaired) electrons. The standard InChI is InChI=1S/C9H12N2O/c1-7-2-3-10-9(4-7)11-8-5-12-6-8/h2-4,8H,5-6H2,1H3,(H,10,11). The largest absolute Gasteiger partial charge is 0.377 e. The number of aromatic nitrogens is 1. The molecule has 3 heteroatoms. The number of hydrogen-bond donors (Lipinski definition) is 1. The third-order valence-corrected chi connectivity index (χ3v) is 1.91. The number of nitrogens with zero attached hydrogens (tertiary/aromatic N) is 1. The Hall–Kier alpha value is -1.09. The predicted octanol–water partition coefficient (Wildman–Crippen LogP) is 1.20. The van der Waals surface area contributed by atoms with E-state index in [4.69, 9.17) is 4.74 Å². The smallest absolute Gasteiger partial charge is 0.126 e. The molecule has 0 unspecified atom stereocenters. The summed E-state index contributed by atoms with van der Waals surface area (Å²) in [6, 6.07) is 4.49. The SMILES string of the molecule is Cc1ccnc(NC2COC2)c1. The van der Waals surface area contributed by atoms with E-state index >= 15 is 0 Å². The highest BCUT2D eigenvalue weighted by molar-refractivity contribution is 5.38. The Balaban J connectivity index is 2.02. The van der Waals surface area contributed by atoms with Gasteiger partial charge in [0.2, 0.25) is 0 Å². The molecule has 1 aliphatic rings. The van der Waals surface area contributed by atoms with E-state index in [1.807, 2.05) is 18.3 Å². The van der Waals surface area contributed by atoms with Crippen LogP contribution in [0.15, 0.2) is 18.3 Å². The van der Waals surface area contributed by atoms with Crippen molar-refractivity contribution < 1.29 is 4.74 Å². The van der Waals surface area contributed by atoms with Crippen molar-refractivity contribution in [1.82, 2.24) is 4.98 Å². The van der Waals surface area contributed by atoms with Crippen LogP contribution in [0.2, 0.25) is 0 Å². The van der Waals surface area contributed by atoms with E-state index in [0.717, 1.165) is 19.0 Å². The van der Waals surface area contributed by atoms with E-state index in [1.165, 1.54) is 5.56 Å². The summed E-state index contributed by atoms with van der Waals surface area (Å²) in [4.78, 5) is 4.19. The quantitative estimate of drug-likeness (QED) is 0.713. The van der Waals surface area contributed by atoms with Crippen molar-refractivity contribution >= 4 is 5.82 Å². The lowest BCUT2D eigenvalue weighted by molar-refractivity contribution is 0.0209. The van der Waals surface area contributed by atoms with Crippen LogP contribution in [0.3, 0.4) is 0 Å². The highest BCUT2D eigenvalue weighted by Crippen LogP contribution is 2.10. The summed E-state index contributed by atoms with van der Waals surface area (Å²) in [5.41, 5.74) is 1.23. The van der Waals surface area contributed by atoms with E-state index in [1.54, 1.807) is 0 Å². The first kappa shape index (κ1) is 7.55. The summed E-state index contributed by atoms with van der Waals surface area (Å²) < 4.78 is 5.05. The first-order valence-corrected chi connectivity index (χ1v) is 4.11. The minimum Gasteiger partial charge on any atom is -0.377 e. The number of nitrogens with one attached hydrogen (secondary N) is 1. The van der Waals surface area contributed by atoms with Crippen LogP contribution in [-0.2, 0) is 4.74 Å². The molecular formula is C9H12N2O. The molecule has 1 aromatic heterocycles. The number of hydrogen-bond acceptors (Lipinski definition) is 3. The molecule has 1 aromatic rings. The molecular weight excluding hydrogens is 152 g/mol. The molecule has 64 valence electrons. The minimum atomic E-state index is 0.458. The fourth-order valence-electron chi connectivity index (χ4n) is 1.14. The number of aryl methyl sites for hydroxylation is 1. The maximum absolute atomic E-state index is 5.05. The van der Waals surface area contributed by atoms with Gasteiger partial charge >= 0.3 is 0 Å². The molecule has 3 nitrogen and oxygen atoms in total. The first-order chi connectivity index (χ1) is 5.84. The minimum absolute atomic E-state index is 0.458. The predicted molar refractivity (Wildman–Crippen MR) is 47.2 cm³/mol. The average molecular weight is 164 g/mol. The first-order valence-electron chi connectivity index (χ1n) is 4.11. The monoisotopic (exact) mass is 164 g/mol. The van der Waals surface area contributed by atoms with E-state index in [2.05, 4.69) is 17.2 Å². The number of ether oxygens (including phenoxy) is 1. The van der Waals surface area contributed by atoms with Gasteiger partial charge in [0.1, 0.15) is 5.82 Å². The van der Waals surface area contributed by atoms with Gasteiger partial charge in [0.05, 0.1) is 19.3 Å². The van der Waals surface area contributed by atoms with Gasteiger partial charge in [-0.1, -0.05) is 0 Å². The van der Waals surface area contributed by atoms with Crippen LogP contribution in [0.1, 0.15) is 5.56 Å². The Morgan fingerprint density at radius 1 is 1.58 bits per heavy atom. The maximum Gasteiger partial charge on any atom is 0.126 e. The van der Waals surface area contributed by atoms with Crippen molar-refractivity contribution in [1.29, 1.82) is 0 Å². The van der Waals surface area contributed by atoms with Crippen LogP contribution in [0.25, 0.3) is 0 Å². The van der Waals surface area contributed by atoms with E-state index in [9.17, 15) is 0 Å². The second-order valence-electron chi connectivity index (χ2n) is 3.10. The highest BCUT2D eigenvalue weighted by Gasteiger charge is 2.17. The molecule has 0 saturated carbocycles. The summed E-state index contributed by atoms with van der Waals surface area (Å²) in [5.74, 6) is 0.948. The van der Waals surface area contributed by atoms with Gasteiger partial charge in [-0.15, -0.1) is 0 Å². The van der Waals surface area contributed by atoms with E-state index in [0.29, 0.717) is 6.04 Å². The zero-order valence-corrected chi connectivity index (χ0v) is 7.08. The summed E-state index contributed by atoms with van der Waals surface area (Å²) in [7, 11) is 0. The zero-order chi connectivity index (χ0) is 8.39. The van der Waals surface area contributed by atoms with Crippen molar-refractivity contribution in [3.8, 4) is 0 Å². The lowest BCUT2D eigenvalue weighted by Crippen LogP contribution is -2.40. The number of rotatable bonds is 2. The fourth-order valence-corrected chi connectivity index (χ4v) is 1.14. The molecule has 2 heterocycles. The highest BCUT2D eigenvalue weighted by atomic mass is 16.5. The van der Waals surface area contributed by atoms with Crippen molar-refractivity contribution in [2.24, 2.45) is 0 Å². The van der Waals surface area contributed by atoms with Crippen LogP contribution in [0.4, 0.5) is 5.82 Å². The van der Waals surface area contributed by atoms with Gasteiger partial charge in [0, 0.05) is 6.20 Å². The van der Waals surface area contributed by atoms with Crippen LogP contribution in [0, 0.1) is 6.92 Å². The Kier molecular flexibility index (Phi) is 1.96. The molecule has 12 heavy (non-hydrogen) atoms. The van der Waals surface area contributed by atoms with Crippen LogP contribution < -0.4 is 5.32 Å². The second-order valence-corrected chi connectivity index (χ2v) is 3.10. The molecule has 2 rings (SSSR count). The van der Waals surface area contributed by atoms with Gasteiger partial charge in [0.25, 0.3) is 0 Å². The molecule has 1 aliphatic heterocycles. The second kappa shape index (κ2) is 3.11. The molecule has 0 spiro atoms. The van der Waals surface area contributed by atoms with Gasteiger partial charge in [0.15, 0.2) is 0 Å². The summed E-state index contributed by atoms with van der Waals surface area (Å²) in [6.07, 6.45) is 1.82. The van der Waals surface area contributed by atoms with Gasteiger partial charge in [-0.3, -0.25) is 0 Å². The van der Waals surface area contributed by atoms with Crippen LogP contribution in [0.5, 0.6) is 0 Å². The zero-order valence-electron chi connectivity index (χ0n) is 7.08. The lowest BCUT2D eigenvalue weighted by atomic mass is 10.2. The summed E-state index contributed by atoms with van der Waals surface area (Å²) in [5, 5.41) is 3.28. The van der Waals surface area contributed by atoms with Crippen LogP contribution in [-0.4, -0.2) is 24.2 Å². The number of pyridine rings is 1. The third-order valence-electron chi connectivity index (χ3n) is 1.91. The topological polar surface area (TPSA) is 34.2 Å². The Bertz CT molecular complexity index is 271. The van der Waals surface area contributed by atoms with Gasteiger partial charge < -0.3 is 10.1 Å². The molecule has 0 amide bonds. The number of anilines is 1. The lowest BCUT2D eigenvalue weighted by Gasteiger charge is -2.27. The average Bonchev–Trinajstić information content (AvgIpc) is 1.97. The normalized spacial score (nSPS) is 17.1. The molecule has 0 bridgehead atoms. The Morgan fingerprint density at radius 3 is 3.00 bits per heavy atom. The Labute approximate surface area is 71.8 Å². The third kappa shape index (κ3) is 1.56. The maximum atomic E-state index is 5.05. The van der Waals surface area contributed by atoms with Crippen molar-refractivity contribution in [2.45, 2.75) is 13.0 Å². The van der Waals surface area contributed by atoms with Crippen molar-refractivity contribution in [3.63, 3.8) is 0 Å². The summed E-state index contributed by atoms with van der Waals surface area (Å²) in [6.45, 7) is 3.66. The molecule has 1 N–H and O–H groups in total. The molecule has 1 fully saturated rings. The summed E-state index contributed by atoms with van der Waals surface area (Å²) >= 11 is 0.